The number of carbonyl (C=O) groups excluding carboxylic acids is 2. The molecule has 0 fully saturated rings. The first kappa shape index (κ1) is 21.4. The van der Waals surface area contributed by atoms with E-state index in [9.17, 15) is 9.59 Å². The topological polar surface area (TPSA) is 71.1 Å². The molecule has 0 unspecified atom stereocenters. The SMILES string of the molecule is CCOC(=O)Oc1c2ccccc2c(OC(=O)OCC)c2c(CC)c(CC)ccc12. The summed E-state index contributed by atoms with van der Waals surface area (Å²) in [5.74, 6) is 0.787. The summed E-state index contributed by atoms with van der Waals surface area (Å²) in [5, 5.41) is 2.71. The molecule has 0 bridgehead atoms. The molecular weight excluding hydrogens is 384 g/mol. The van der Waals surface area contributed by atoms with Gasteiger partial charge in [0, 0.05) is 21.5 Å². The number of ether oxygens (including phenoxy) is 4. The molecule has 0 N–H and O–H groups in total. The normalized spacial score (nSPS) is 10.8. The van der Waals surface area contributed by atoms with Crippen LogP contribution in [0.3, 0.4) is 0 Å². The first-order valence-corrected chi connectivity index (χ1v) is 10.2. The molecule has 0 radical (unpaired) electrons. The summed E-state index contributed by atoms with van der Waals surface area (Å²) in [5.41, 5.74) is 2.17. The van der Waals surface area contributed by atoms with Gasteiger partial charge in [-0.25, -0.2) is 9.59 Å². The van der Waals surface area contributed by atoms with Crippen LogP contribution in [0.1, 0.15) is 38.8 Å². The number of carbonyl (C=O) groups is 2. The van der Waals surface area contributed by atoms with E-state index in [2.05, 4.69) is 6.92 Å². The van der Waals surface area contributed by atoms with Gasteiger partial charge < -0.3 is 18.9 Å². The number of benzene rings is 3. The highest BCUT2D eigenvalue weighted by atomic mass is 16.7. The Kier molecular flexibility index (Phi) is 6.77. The molecule has 3 aromatic carbocycles. The zero-order valence-corrected chi connectivity index (χ0v) is 17.7. The average molecular weight is 410 g/mol. The highest BCUT2D eigenvalue weighted by Crippen LogP contribution is 2.45. The quantitative estimate of drug-likeness (QED) is 0.274. The third-order valence-corrected chi connectivity index (χ3v) is 4.93. The average Bonchev–Trinajstić information content (AvgIpc) is 2.75. The smallest absolute Gasteiger partial charge is 0.434 e. The highest BCUT2D eigenvalue weighted by molar-refractivity contribution is 6.13. The number of aryl methyl sites for hydroxylation is 2. The minimum atomic E-state index is -0.777. The zero-order chi connectivity index (χ0) is 21.7. The van der Waals surface area contributed by atoms with Crippen molar-refractivity contribution in [3.8, 4) is 11.5 Å². The second-order valence-corrected chi connectivity index (χ2v) is 6.61. The van der Waals surface area contributed by atoms with Crippen LogP contribution in [0.15, 0.2) is 36.4 Å². The molecule has 6 heteroatoms. The Morgan fingerprint density at radius 3 is 1.80 bits per heavy atom. The van der Waals surface area contributed by atoms with Crippen LogP contribution in [0.25, 0.3) is 21.5 Å². The molecule has 0 aliphatic carbocycles. The lowest BCUT2D eigenvalue weighted by atomic mass is 9.91. The third-order valence-electron chi connectivity index (χ3n) is 4.93. The van der Waals surface area contributed by atoms with E-state index in [0.29, 0.717) is 27.7 Å². The lowest BCUT2D eigenvalue weighted by molar-refractivity contribution is 0.103. The minimum absolute atomic E-state index is 0.207. The van der Waals surface area contributed by atoms with E-state index in [0.717, 1.165) is 29.4 Å². The van der Waals surface area contributed by atoms with Crippen molar-refractivity contribution in [1.29, 1.82) is 0 Å². The standard InChI is InChI=1S/C24H26O6/c1-5-15-13-14-19-20(16(15)6-2)22(30-24(26)28-8-4)18-12-10-9-11-17(18)21(19)29-23(25)27-7-3/h9-14H,5-8H2,1-4H3. The van der Waals surface area contributed by atoms with Gasteiger partial charge in [0.25, 0.3) is 0 Å². The van der Waals surface area contributed by atoms with Gasteiger partial charge in [-0.1, -0.05) is 50.2 Å². The molecule has 3 aromatic rings. The van der Waals surface area contributed by atoms with Crippen LogP contribution in [-0.2, 0) is 22.3 Å². The van der Waals surface area contributed by atoms with Crippen molar-refractivity contribution in [1.82, 2.24) is 0 Å². The van der Waals surface area contributed by atoms with Gasteiger partial charge in [0.1, 0.15) is 5.75 Å². The van der Waals surface area contributed by atoms with E-state index in [1.54, 1.807) is 13.8 Å². The molecule has 0 amide bonds. The number of hydrogen-bond donors (Lipinski definition) is 0. The maximum atomic E-state index is 12.3. The molecule has 3 rings (SSSR count). The first-order valence-electron chi connectivity index (χ1n) is 10.2. The Labute approximate surface area is 175 Å². The van der Waals surface area contributed by atoms with Gasteiger partial charge in [-0.05, 0) is 37.8 Å². The summed E-state index contributed by atoms with van der Waals surface area (Å²) in [6.07, 6.45) is -0.0111. The fourth-order valence-corrected chi connectivity index (χ4v) is 3.71. The lowest BCUT2D eigenvalue weighted by Gasteiger charge is -2.19. The largest absolute Gasteiger partial charge is 0.513 e. The number of rotatable bonds is 6. The van der Waals surface area contributed by atoms with Crippen molar-refractivity contribution in [3.63, 3.8) is 0 Å². The molecule has 0 aromatic heterocycles. The zero-order valence-electron chi connectivity index (χ0n) is 17.7. The lowest BCUT2D eigenvalue weighted by Crippen LogP contribution is -2.13. The van der Waals surface area contributed by atoms with Crippen LogP contribution in [-0.4, -0.2) is 25.5 Å². The molecule has 6 nitrogen and oxygen atoms in total. The van der Waals surface area contributed by atoms with Crippen molar-refractivity contribution in [3.05, 3.63) is 47.5 Å². The van der Waals surface area contributed by atoms with Crippen LogP contribution in [0.2, 0.25) is 0 Å². The molecule has 0 spiro atoms. The number of hydrogen-bond acceptors (Lipinski definition) is 6. The predicted molar refractivity (Wildman–Crippen MR) is 116 cm³/mol. The fourth-order valence-electron chi connectivity index (χ4n) is 3.71. The summed E-state index contributed by atoms with van der Waals surface area (Å²) in [6.45, 7) is 7.97. The van der Waals surface area contributed by atoms with Crippen molar-refractivity contribution in [2.75, 3.05) is 13.2 Å². The summed E-state index contributed by atoms with van der Waals surface area (Å²) >= 11 is 0. The van der Waals surface area contributed by atoms with Crippen LogP contribution < -0.4 is 9.47 Å². The molecule has 0 heterocycles. The Balaban J connectivity index is 2.41. The molecule has 0 aliphatic heterocycles. The maximum absolute atomic E-state index is 12.3. The van der Waals surface area contributed by atoms with Crippen molar-refractivity contribution in [2.24, 2.45) is 0 Å². The van der Waals surface area contributed by atoms with Gasteiger partial charge >= 0.3 is 12.3 Å². The van der Waals surface area contributed by atoms with Crippen molar-refractivity contribution < 1.29 is 28.5 Å². The van der Waals surface area contributed by atoms with E-state index in [4.69, 9.17) is 18.9 Å². The fraction of sp³-hybridized carbons (Fsp3) is 0.333. The Morgan fingerprint density at radius 2 is 1.27 bits per heavy atom. The minimum Gasteiger partial charge on any atom is -0.434 e. The number of fused-ring (bicyclic) bond motifs is 2. The second-order valence-electron chi connectivity index (χ2n) is 6.61. The molecule has 0 saturated heterocycles. The van der Waals surface area contributed by atoms with Crippen LogP contribution in [0.4, 0.5) is 9.59 Å². The van der Waals surface area contributed by atoms with Gasteiger partial charge in [-0.15, -0.1) is 0 Å². The van der Waals surface area contributed by atoms with Gasteiger partial charge in [0.2, 0.25) is 0 Å². The molecule has 0 aliphatic rings. The molecular formula is C24H26O6. The molecule has 158 valence electrons. The third kappa shape index (κ3) is 4.03. The Hall–Kier alpha value is -3.28. The van der Waals surface area contributed by atoms with Gasteiger partial charge in [0.15, 0.2) is 5.75 Å². The van der Waals surface area contributed by atoms with Crippen molar-refractivity contribution in [2.45, 2.75) is 40.5 Å². The monoisotopic (exact) mass is 410 g/mol. The second kappa shape index (κ2) is 9.48. The van der Waals surface area contributed by atoms with E-state index >= 15 is 0 Å². The van der Waals surface area contributed by atoms with Crippen LogP contribution >= 0.6 is 0 Å². The van der Waals surface area contributed by atoms with Crippen LogP contribution in [0, 0.1) is 0 Å². The van der Waals surface area contributed by atoms with Gasteiger partial charge in [0.05, 0.1) is 13.2 Å². The molecule has 0 saturated carbocycles. The van der Waals surface area contributed by atoms with E-state index < -0.39 is 12.3 Å². The van der Waals surface area contributed by atoms with Crippen LogP contribution in [0.5, 0.6) is 11.5 Å². The van der Waals surface area contributed by atoms with Gasteiger partial charge in [-0.2, -0.15) is 0 Å². The molecule has 0 atom stereocenters. The highest BCUT2D eigenvalue weighted by Gasteiger charge is 2.23. The van der Waals surface area contributed by atoms with E-state index in [1.807, 2.05) is 43.3 Å². The Morgan fingerprint density at radius 1 is 0.700 bits per heavy atom. The van der Waals surface area contributed by atoms with E-state index in [-0.39, 0.29) is 13.2 Å². The molecule has 30 heavy (non-hydrogen) atoms. The summed E-state index contributed by atoms with van der Waals surface area (Å²) < 4.78 is 21.4. The van der Waals surface area contributed by atoms with Gasteiger partial charge in [-0.3, -0.25) is 0 Å². The predicted octanol–water partition coefficient (Wildman–Crippen LogP) is 6.19. The van der Waals surface area contributed by atoms with Crippen molar-refractivity contribution >= 4 is 33.9 Å². The van der Waals surface area contributed by atoms with E-state index in [1.165, 1.54) is 0 Å². The summed E-state index contributed by atoms with van der Waals surface area (Å²) in [7, 11) is 0. The summed E-state index contributed by atoms with van der Waals surface area (Å²) in [4.78, 5) is 24.4. The first-order chi connectivity index (χ1) is 14.5. The maximum Gasteiger partial charge on any atom is 0.513 e. The summed E-state index contributed by atoms with van der Waals surface area (Å²) in [6, 6.07) is 11.2. The Bertz CT molecular complexity index is 1090.